The molecule has 6 heteroatoms. The molecule has 0 aromatic carbocycles. The molecule has 1 aliphatic carbocycles. The van der Waals surface area contributed by atoms with Crippen LogP contribution in [0, 0.1) is 5.92 Å². The minimum Gasteiger partial charge on any atom is -0.487 e. The number of hydrogen-bond donors (Lipinski definition) is 1. The predicted octanol–water partition coefficient (Wildman–Crippen LogP) is 1.13. The second kappa shape index (κ2) is 6.17. The number of primary amides is 1. The number of nitrogens with two attached hydrogens (primary N) is 1. The van der Waals surface area contributed by atoms with Crippen LogP contribution >= 0.6 is 0 Å². The Kier molecular flexibility index (Phi) is 4.09. The summed E-state index contributed by atoms with van der Waals surface area (Å²) in [5.74, 6) is 0.313. The molecule has 0 bridgehead atoms. The lowest BCUT2D eigenvalue weighted by atomic mass is 9.92. The highest BCUT2D eigenvalue weighted by Crippen LogP contribution is 2.25. The predicted molar refractivity (Wildman–Crippen MR) is 80.2 cm³/mol. The van der Waals surface area contributed by atoms with Gasteiger partial charge in [0.05, 0.1) is 13.1 Å². The molecule has 1 aromatic heterocycles. The van der Waals surface area contributed by atoms with E-state index in [-0.39, 0.29) is 23.6 Å². The van der Waals surface area contributed by atoms with Crippen molar-refractivity contribution < 1.29 is 14.3 Å². The molecule has 116 valence electrons. The van der Waals surface area contributed by atoms with Crippen molar-refractivity contribution in [2.45, 2.75) is 25.4 Å². The van der Waals surface area contributed by atoms with E-state index in [2.05, 4.69) is 17.1 Å². The van der Waals surface area contributed by atoms with Crippen LogP contribution in [0.1, 0.15) is 29.8 Å². The summed E-state index contributed by atoms with van der Waals surface area (Å²) >= 11 is 0. The van der Waals surface area contributed by atoms with Crippen LogP contribution in [0.15, 0.2) is 30.5 Å². The third-order valence-electron chi connectivity index (χ3n) is 4.06. The van der Waals surface area contributed by atoms with Gasteiger partial charge < -0.3 is 15.4 Å². The molecule has 0 saturated carbocycles. The van der Waals surface area contributed by atoms with Gasteiger partial charge in [0.1, 0.15) is 17.5 Å². The standard InChI is InChI=1S/C16H19N3O3/c17-15(20)14-8-12(6-7-18-14)22-13-9-19(10-13)16(21)11-4-2-1-3-5-11/h1-2,6-8,11,13H,3-5,9-10H2,(H2,17,20). The van der Waals surface area contributed by atoms with Gasteiger partial charge >= 0.3 is 0 Å². The largest absolute Gasteiger partial charge is 0.487 e. The zero-order chi connectivity index (χ0) is 15.5. The summed E-state index contributed by atoms with van der Waals surface area (Å²) < 4.78 is 5.75. The molecule has 22 heavy (non-hydrogen) atoms. The summed E-state index contributed by atoms with van der Waals surface area (Å²) in [6.07, 6.45) is 8.43. The number of ether oxygens (including phenoxy) is 1. The molecule has 1 unspecified atom stereocenters. The number of pyridine rings is 1. The number of likely N-dealkylation sites (tertiary alicyclic amines) is 1. The number of allylic oxidation sites excluding steroid dienone is 2. The smallest absolute Gasteiger partial charge is 0.267 e. The first-order valence-corrected chi connectivity index (χ1v) is 7.50. The van der Waals surface area contributed by atoms with Gasteiger partial charge in [-0.25, -0.2) is 0 Å². The van der Waals surface area contributed by atoms with E-state index in [1.54, 1.807) is 6.07 Å². The Morgan fingerprint density at radius 2 is 2.14 bits per heavy atom. The molecule has 3 rings (SSSR count). The van der Waals surface area contributed by atoms with Gasteiger partial charge in [-0.3, -0.25) is 14.6 Å². The molecule has 2 aliphatic rings. The van der Waals surface area contributed by atoms with E-state index in [4.69, 9.17) is 10.5 Å². The van der Waals surface area contributed by atoms with Crippen molar-refractivity contribution in [3.8, 4) is 5.75 Å². The average Bonchev–Trinajstić information content (AvgIpc) is 2.51. The lowest BCUT2D eigenvalue weighted by molar-refractivity contribution is -0.144. The SMILES string of the molecule is NC(=O)c1cc(OC2CN(C(=O)C3CC=CCC3)C2)ccn1. The second-order valence-corrected chi connectivity index (χ2v) is 5.71. The number of amides is 2. The van der Waals surface area contributed by atoms with Crippen molar-refractivity contribution in [3.63, 3.8) is 0 Å². The van der Waals surface area contributed by atoms with Crippen molar-refractivity contribution in [2.75, 3.05) is 13.1 Å². The highest BCUT2D eigenvalue weighted by Gasteiger charge is 2.35. The van der Waals surface area contributed by atoms with Crippen molar-refractivity contribution >= 4 is 11.8 Å². The normalized spacial score (nSPS) is 21.3. The Labute approximate surface area is 129 Å². The van der Waals surface area contributed by atoms with Gasteiger partial charge in [-0.15, -0.1) is 0 Å². The number of rotatable bonds is 4. The first kappa shape index (κ1) is 14.6. The van der Waals surface area contributed by atoms with Gasteiger partial charge in [-0.05, 0) is 25.3 Å². The number of hydrogen-bond acceptors (Lipinski definition) is 4. The lowest BCUT2D eigenvalue weighted by Crippen LogP contribution is -2.57. The number of carbonyl (C=O) groups excluding carboxylic acids is 2. The van der Waals surface area contributed by atoms with E-state index in [9.17, 15) is 9.59 Å². The molecule has 1 fully saturated rings. The fraction of sp³-hybridized carbons (Fsp3) is 0.438. The van der Waals surface area contributed by atoms with E-state index in [0.29, 0.717) is 18.8 Å². The molecule has 2 N–H and O–H groups in total. The van der Waals surface area contributed by atoms with Crippen LogP contribution in [-0.4, -0.2) is 40.9 Å². The van der Waals surface area contributed by atoms with Crippen LogP contribution in [0.4, 0.5) is 0 Å². The summed E-state index contributed by atoms with van der Waals surface area (Å²) in [5.41, 5.74) is 5.37. The third-order valence-corrected chi connectivity index (χ3v) is 4.06. The summed E-state index contributed by atoms with van der Waals surface area (Å²) in [5, 5.41) is 0. The first-order valence-electron chi connectivity index (χ1n) is 7.50. The number of nitrogens with zero attached hydrogens (tertiary/aromatic N) is 2. The van der Waals surface area contributed by atoms with Gasteiger partial charge in [0.15, 0.2) is 0 Å². The first-order chi connectivity index (χ1) is 10.6. The van der Waals surface area contributed by atoms with Crippen LogP contribution in [0.2, 0.25) is 0 Å². The molecule has 6 nitrogen and oxygen atoms in total. The third kappa shape index (κ3) is 3.10. The summed E-state index contributed by atoms with van der Waals surface area (Å²) in [6, 6.07) is 3.21. The zero-order valence-corrected chi connectivity index (χ0v) is 12.3. The van der Waals surface area contributed by atoms with E-state index < -0.39 is 5.91 Å². The Morgan fingerprint density at radius 1 is 1.32 bits per heavy atom. The van der Waals surface area contributed by atoms with Crippen molar-refractivity contribution in [3.05, 3.63) is 36.2 Å². The summed E-state index contributed by atoms with van der Waals surface area (Å²) in [7, 11) is 0. The molecule has 2 heterocycles. The monoisotopic (exact) mass is 301 g/mol. The molecular formula is C16H19N3O3. The van der Waals surface area contributed by atoms with Crippen LogP contribution in [0.3, 0.4) is 0 Å². The fourth-order valence-corrected chi connectivity index (χ4v) is 2.78. The highest BCUT2D eigenvalue weighted by molar-refractivity contribution is 5.91. The van der Waals surface area contributed by atoms with Gasteiger partial charge in [-0.1, -0.05) is 12.2 Å². The number of carbonyl (C=O) groups is 2. The van der Waals surface area contributed by atoms with Crippen LogP contribution in [0.5, 0.6) is 5.75 Å². The minimum atomic E-state index is -0.582. The Morgan fingerprint density at radius 3 is 2.82 bits per heavy atom. The highest BCUT2D eigenvalue weighted by atomic mass is 16.5. The van der Waals surface area contributed by atoms with Crippen LogP contribution < -0.4 is 10.5 Å². The van der Waals surface area contributed by atoms with E-state index in [0.717, 1.165) is 19.3 Å². The maximum Gasteiger partial charge on any atom is 0.267 e. The average molecular weight is 301 g/mol. The zero-order valence-electron chi connectivity index (χ0n) is 12.3. The van der Waals surface area contributed by atoms with Crippen molar-refractivity contribution in [2.24, 2.45) is 11.7 Å². The van der Waals surface area contributed by atoms with E-state index in [1.807, 2.05) is 4.90 Å². The summed E-state index contributed by atoms with van der Waals surface area (Å²) in [6.45, 7) is 1.18. The maximum atomic E-state index is 12.3. The van der Waals surface area contributed by atoms with E-state index in [1.165, 1.54) is 12.3 Å². The molecule has 2 amide bonds. The molecule has 0 spiro atoms. The lowest BCUT2D eigenvalue weighted by Gasteiger charge is -2.41. The van der Waals surface area contributed by atoms with Crippen molar-refractivity contribution in [1.82, 2.24) is 9.88 Å². The maximum absolute atomic E-state index is 12.3. The van der Waals surface area contributed by atoms with E-state index >= 15 is 0 Å². The summed E-state index contributed by atoms with van der Waals surface area (Å²) in [4.78, 5) is 29.1. The van der Waals surface area contributed by atoms with Gasteiger partial charge in [0.25, 0.3) is 5.91 Å². The number of aromatic nitrogens is 1. The Balaban J connectivity index is 1.51. The molecule has 1 atom stereocenters. The molecule has 1 aromatic rings. The second-order valence-electron chi connectivity index (χ2n) is 5.71. The molecule has 1 aliphatic heterocycles. The van der Waals surface area contributed by atoms with Gasteiger partial charge in [0.2, 0.25) is 5.91 Å². The molecular weight excluding hydrogens is 282 g/mol. The quantitative estimate of drug-likeness (QED) is 0.845. The van der Waals surface area contributed by atoms with Gasteiger partial charge in [0, 0.05) is 18.2 Å². The molecule has 0 radical (unpaired) electrons. The molecule has 1 saturated heterocycles. The van der Waals surface area contributed by atoms with Crippen molar-refractivity contribution in [1.29, 1.82) is 0 Å². The topological polar surface area (TPSA) is 85.5 Å². The fourth-order valence-electron chi connectivity index (χ4n) is 2.78. The Hall–Kier alpha value is -2.37. The van der Waals surface area contributed by atoms with Gasteiger partial charge in [-0.2, -0.15) is 0 Å². The van der Waals surface area contributed by atoms with Crippen LogP contribution in [0.25, 0.3) is 0 Å². The Bertz CT molecular complexity index is 608. The minimum absolute atomic E-state index is 0.0359. The van der Waals surface area contributed by atoms with Crippen LogP contribution in [-0.2, 0) is 4.79 Å².